The van der Waals surface area contributed by atoms with Gasteiger partial charge in [-0.15, -0.1) is 0 Å². The molecule has 0 bridgehead atoms. The second-order valence-electron chi connectivity index (χ2n) is 5.23. The summed E-state index contributed by atoms with van der Waals surface area (Å²) in [5.74, 6) is 0. The number of benzene rings is 1. The van der Waals surface area contributed by atoms with Gasteiger partial charge in [-0.3, -0.25) is 0 Å². The van der Waals surface area contributed by atoms with E-state index in [9.17, 15) is 5.11 Å². The molecule has 4 nitrogen and oxygen atoms in total. The van der Waals surface area contributed by atoms with Crippen LogP contribution in [0.4, 0.5) is 0 Å². The lowest BCUT2D eigenvalue weighted by atomic mass is 9.91. The van der Waals surface area contributed by atoms with Gasteiger partial charge in [0, 0.05) is 13.1 Å². The van der Waals surface area contributed by atoms with E-state index in [4.69, 9.17) is 9.84 Å². The standard InChI is InChI=1S/C16H27NO3/c1-11-9-12(2)14(4)16(13(11)3)15(19)10-17-5-7-20-8-6-18/h9,15,17-19H,5-8,10H2,1-4H3. The Morgan fingerprint density at radius 2 is 1.70 bits per heavy atom. The van der Waals surface area contributed by atoms with Crippen LogP contribution in [0, 0.1) is 27.7 Å². The third-order valence-electron chi connectivity index (χ3n) is 3.75. The quantitative estimate of drug-likeness (QED) is 0.633. The van der Waals surface area contributed by atoms with E-state index < -0.39 is 6.10 Å². The Hall–Kier alpha value is -0.940. The molecule has 0 amide bonds. The highest BCUT2D eigenvalue weighted by molar-refractivity contribution is 5.45. The molecule has 0 saturated heterocycles. The molecule has 0 radical (unpaired) electrons. The maximum Gasteiger partial charge on any atom is 0.0919 e. The van der Waals surface area contributed by atoms with Gasteiger partial charge in [0.2, 0.25) is 0 Å². The highest BCUT2D eigenvalue weighted by Gasteiger charge is 2.15. The molecule has 20 heavy (non-hydrogen) atoms. The fraction of sp³-hybridized carbons (Fsp3) is 0.625. The molecule has 3 N–H and O–H groups in total. The monoisotopic (exact) mass is 281 g/mol. The van der Waals surface area contributed by atoms with E-state index in [1.165, 1.54) is 22.3 Å². The molecule has 114 valence electrons. The Morgan fingerprint density at radius 3 is 2.25 bits per heavy atom. The molecule has 0 aliphatic rings. The summed E-state index contributed by atoms with van der Waals surface area (Å²) in [6.07, 6.45) is -0.508. The van der Waals surface area contributed by atoms with Crippen LogP contribution in [-0.4, -0.2) is 43.1 Å². The summed E-state index contributed by atoms with van der Waals surface area (Å²) in [6, 6.07) is 2.16. The van der Waals surface area contributed by atoms with E-state index in [0.717, 1.165) is 5.56 Å². The van der Waals surface area contributed by atoms with Crippen LogP contribution in [-0.2, 0) is 4.74 Å². The van der Waals surface area contributed by atoms with Gasteiger partial charge in [-0.05, 0) is 55.5 Å². The lowest BCUT2D eigenvalue weighted by Crippen LogP contribution is -2.26. The Kier molecular flexibility index (Phi) is 7.16. The SMILES string of the molecule is Cc1cc(C)c(C)c(C(O)CNCCOCCO)c1C. The second-order valence-corrected chi connectivity index (χ2v) is 5.23. The lowest BCUT2D eigenvalue weighted by molar-refractivity contribution is 0.0909. The van der Waals surface area contributed by atoms with Crippen molar-refractivity contribution in [3.05, 3.63) is 33.9 Å². The van der Waals surface area contributed by atoms with Crippen LogP contribution in [0.25, 0.3) is 0 Å². The van der Waals surface area contributed by atoms with Crippen molar-refractivity contribution >= 4 is 0 Å². The van der Waals surface area contributed by atoms with Crippen LogP contribution in [0.2, 0.25) is 0 Å². The summed E-state index contributed by atoms with van der Waals surface area (Å²) < 4.78 is 5.16. The van der Waals surface area contributed by atoms with Gasteiger partial charge < -0.3 is 20.3 Å². The topological polar surface area (TPSA) is 61.7 Å². The van der Waals surface area contributed by atoms with Crippen molar-refractivity contribution in [2.24, 2.45) is 0 Å². The van der Waals surface area contributed by atoms with Crippen molar-refractivity contribution in [3.63, 3.8) is 0 Å². The fourth-order valence-corrected chi connectivity index (χ4v) is 2.40. The average Bonchev–Trinajstić information content (AvgIpc) is 2.41. The minimum absolute atomic E-state index is 0.0452. The summed E-state index contributed by atoms with van der Waals surface area (Å²) >= 11 is 0. The first-order valence-corrected chi connectivity index (χ1v) is 7.13. The molecule has 0 aliphatic heterocycles. The predicted octanol–water partition coefficient (Wildman–Crippen LogP) is 1.55. The molecule has 0 aromatic heterocycles. The largest absolute Gasteiger partial charge is 0.394 e. The zero-order valence-corrected chi connectivity index (χ0v) is 13.0. The van der Waals surface area contributed by atoms with E-state index >= 15 is 0 Å². The zero-order chi connectivity index (χ0) is 15.1. The van der Waals surface area contributed by atoms with Crippen LogP contribution < -0.4 is 5.32 Å². The van der Waals surface area contributed by atoms with Gasteiger partial charge >= 0.3 is 0 Å². The Morgan fingerprint density at radius 1 is 1.10 bits per heavy atom. The van der Waals surface area contributed by atoms with E-state index in [0.29, 0.717) is 26.3 Å². The summed E-state index contributed by atoms with van der Waals surface area (Å²) in [4.78, 5) is 0. The fourth-order valence-electron chi connectivity index (χ4n) is 2.40. The Balaban J connectivity index is 2.57. The second kappa shape index (κ2) is 8.37. The number of nitrogens with one attached hydrogen (secondary N) is 1. The van der Waals surface area contributed by atoms with Gasteiger partial charge in [-0.25, -0.2) is 0 Å². The van der Waals surface area contributed by atoms with Gasteiger partial charge in [0.25, 0.3) is 0 Å². The molecule has 1 rings (SSSR count). The summed E-state index contributed by atoms with van der Waals surface area (Å²) in [5.41, 5.74) is 5.80. The molecule has 0 spiro atoms. The smallest absolute Gasteiger partial charge is 0.0919 e. The Labute approximate surface area is 121 Å². The van der Waals surface area contributed by atoms with Gasteiger partial charge in [-0.1, -0.05) is 6.07 Å². The molecule has 1 aromatic rings. The maximum atomic E-state index is 10.4. The number of aliphatic hydroxyl groups excluding tert-OH is 2. The minimum Gasteiger partial charge on any atom is -0.394 e. The van der Waals surface area contributed by atoms with Gasteiger partial charge in [0.15, 0.2) is 0 Å². The summed E-state index contributed by atoms with van der Waals surface area (Å²) in [7, 11) is 0. The summed E-state index contributed by atoms with van der Waals surface area (Å²) in [5, 5.41) is 22.2. The molecule has 0 fully saturated rings. The normalized spacial score (nSPS) is 12.7. The van der Waals surface area contributed by atoms with Crippen molar-refractivity contribution in [1.82, 2.24) is 5.32 Å². The highest BCUT2D eigenvalue weighted by atomic mass is 16.5. The number of hydrogen-bond donors (Lipinski definition) is 3. The predicted molar refractivity (Wildman–Crippen MR) is 81.1 cm³/mol. The molecular formula is C16H27NO3. The molecule has 1 atom stereocenters. The molecule has 0 aliphatic carbocycles. The number of aliphatic hydroxyl groups is 2. The summed E-state index contributed by atoms with van der Waals surface area (Å²) in [6.45, 7) is 10.4. The van der Waals surface area contributed by atoms with E-state index in [-0.39, 0.29) is 6.61 Å². The molecule has 0 heterocycles. The molecule has 0 saturated carbocycles. The number of rotatable bonds is 8. The third kappa shape index (κ3) is 4.56. The van der Waals surface area contributed by atoms with Crippen LogP contribution in [0.1, 0.15) is 33.9 Å². The number of hydrogen-bond acceptors (Lipinski definition) is 4. The third-order valence-corrected chi connectivity index (χ3v) is 3.75. The van der Waals surface area contributed by atoms with Crippen LogP contribution in [0.5, 0.6) is 0 Å². The van der Waals surface area contributed by atoms with E-state index in [2.05, 4.69) is 39.1 Å². The number of aryl methyl sites for hydroxylation is 2. The van der Waals surface area contributed by atoms with Crippen molar-refractivity contribution in [2.75, 3.05) is 32.9 Å². The molecule has 4 heteroatoms. The van der Waals surface area contributed by atoms with Crippen molar-refractivity contribution in [2.45, 2.75) is 33.8 Å². The first-order valence-electron chi connectivity index (χ1n) is 7.13. The van der Waals surface area contributed by atoms with Gasteiger partial charge in [-0.2, -0.15) is 0 Å². The average molecular weight is 281 g/mol. The van der Waals surface area contributed by atoms with Gasteiger partial charge in [0.1, 0.15) is 0 Å². The Bertz CT molecular complexity index is 406. The molecule has 1 unspecified atom stereocenters. The molecule has 1 aromatic carbocycles. The van der Waals surface area contributed by atoms with Crippen LogP contribution >= 0.6 is 0 Å². The maximum absolute atomic E-state index is 10.4. The van der Waals surface area contributed by atoms with Crippen molar-refractivity contribution in [3.8, 4) is 0 Å². The van der Waals surface area contributed by atoms with E-state index in [1.54, 1.807) is 0 Å². The van der Waals surface area contributed by atoms with Crippen molar-refractivity contribution in [1.29, 1.82) is 0 Å². The van der Waals surface area contributed by atoms with Gasteiger partial charge in [0.05, 0.1) is 25.9 Å². The highest BCUT2D eigenvalue weighted by Crippen LogP contribution is 2.26. The molecular weight excluding hydrogens is 254 g/mol. The zero-order valence-electron chi connectivity index (χ0n) is 13.0. The van der Waals surface area contributed by atoms with E-state index in [1.807, 2.05) is 0 Å². The first kappa shape index (κ1) is 17.1. The lowest BCUT2D eigenvalue weighted by Gasteiger charge is -2.20. The van der Waals surface area contributed by atoms with Crippen LogP contribution in [0.15, 0.2) is 6.07 Å². The van der Waals surface area contributed by atoms with Crippen LogP contribution in [0.3, 0.4) is 0 Å². The minimum atomic E-state index is -0.508. The van der Waals surface area contributed by atoms with Crippen molar-refractivity contribution < 1.29 is 14.9 Å². The number of ether oxygens (including phenoxy) is 1. The first-order chi connectivity index (χ1) is 9.49.